The lowest BCUT2D eigenvalue weighted by Gasteiger charge is -2.11. The van der Waals surface area contributed by atoms with E-state index in [2.05, 4.69) is 15.3 Å². The summed E-state index contributed by atoms with van der Waals surface area (Å²) in [5, 5.41) is 3.26. The molecule has 4 nitrogen and oxygen atoms in total. The van der Waals surface area contributed by atoms with E-state index in [9.17, 15) is 4.79 Å². The fourth-order valence-electron chi connectivity index (χ4n) is 1.58. The number of hydrogen-bond acceptors (Lipinski definition) is 4. The molecular weight excluding hydrogens is 270 g/mol. The lowest BCUT2D eigenvalue weighted by Crippen LogP contribution is -2.22. The summed E-state index contributed by atoms with van der Waals surface area (Å²) < 4.78 is 0. The summed E-state index contributed by atoms with van der Waals surface area (Å²) in [6.45, 7) is 5.77. The van der Waals surface area contributed by atoms with Gasteiger partial charge in [0.25, 0.3) is 0 Å². The topological polar surface area (TPSA) is 54.9 Å². The van der Waals surface area contributed by atoms with Crippen molar-refractivity contribution in [2.75, 3.05) is 5.32 Å². The number of benzene rings is 1. The molecule has 2 aromatic rings. The first-order valence-electron chi connectivity index (χ1n) is 6.38. The van der Waals surface area contributed by atoms with E-state index in [1.54, 1.807) is 6.20 Å². The van der Waals surface area contributed by atoms with E-state index >= 15 is 0 Å². The molecule has 1 amide bonds. The number of thioether (sulfide) groups is 1. The van der Waals surface area contributed by atoms with Crippen LogP contribution in [0, 0.1) is 13.8 Å². The summed E-state index contributed by atoms with van der Waals surface area (Å²) in [5.41, 5.74) is 2.87. The summed E-state index contributed by atoms with van der Waals surface area (Å²) in [7, 11) is 0. The summed E-state index contributed by atoms with van der Waals surface area (Å²) in [6.07, 6.45) is 1.70. The van der Waals surface area contributed by atoms with Gasteiger partial charge in [0.05, 0.1) is 5.25 Å². The van der Waals surface area contributed by atoms with Gasteiger partial charge in [-0.15, -0.1) is 0 Å². The van der Waals surface area contributed by atoms with E-state index < -0.39 is 0 Å². The van der Waals surface area contributed by atoms with Gasteiger partial charge in [-0.3, -0.25) is 4.79 Å². The molecular formula is C15H17N3OS. The van der Waals surface area contributed by atoms with Crippen LogP contribution >= 0.6 is 11.8 Å². The number of rotatable bonds is 4. The number of nitrogens with one attached hydrogen (secondary N) is 1. The Morgan fingerprint density at radius 1 is 1.20 bits per heavy atom. The Hall–Kier alpha value is -1.88. The van der Waals surface area contributed by atoms with E-state index in [-0.39, 0.29) is 11.2 Å². The zero-order valence-corrected chi connectivity index (χ0v) is 12.6. The molecule has 1 aromatic heterocycles. The number of nitrogens with zero attached hydrogens (tertiary/aromatic N) is 2. The van der Waals surface area contributed by atoms with Gasteiger partial charge in [-0.1, -0.05) is 29.5 Å². The zero-order valence-electron chi connectivity index (χ0n) is 11.8. The molecule has 0 saturated heterocycles. The second-order valence-electron chi connectivity index (χ2n) is 4.60. The minimum atomic E-state index is -0.252. The van der Waals surface area contributed by atoms with Crippen LogP contribution in [0.1, 0.15) is 18.2 Å². The normalized spacial score (nSPS) is 11.9. The van der Waals surface area contributed by atoms with E-state index in [4.69, 9.17) is 0 Å². The standard InChI is InChI=1S/C15H17N3OS/c1-10-4-6-13(7-5-10)18-14(19)12(3)20-15-16-9-8-11(2)17-15/h4-9,12H,1-3H3,(H,18,19)/t12-/m1/s1. The third-order valence-electron chi connectivity index (χ3n) is 2.74. The van der Waals surface area contributed by atoms with Crippen molar-refractivity contribution in [1.29, 1.82) is 0 Å². The number of amides is 1. The lowest BCUT2D eigenvalue weighted by atomic mass is 10.2. The first-order valence-corrected chi connectivity index (χ1v) is 7.26. The van der Waals surface area contributed by atoms with Gasteiger partial charge in [-0.25, -0.2) is 9.97 Å². The SMILES string of the molecule is Cc1ccc(NC(=O)[C@@H](C)Sc2nccc(C)n2)cc1. The highest BCUT2D eigenvalue weighted by Crippen LogP contribution is 2.20. The Labute approximate surface area is 123 Å². The average Bonchev–Trinajstić information content (AvgIpc) is 2.41. The third kappa shape index (κ3) is 4.06. The monoisotopic (exact) mass is 287 g/mol. The number of aromatic nitrogens is 2. The first kappa shape index (κ1) is 14.5. The number of carbonyl (C=O) groups is 1. The molecule has 1 N–H and O–H groups in total. The number of anilines is 1. The van der Waals surface area contributed by atoms with Crippen LogP contribution in [-0.4, -0.2) is 21.1 Å². The minimum absolute atomic E-state index is 0.0519. The van der Waals surface area contributed by atoms with Crippen LogP contribution in [0.5, 0.6) is 0 Å². The van der Waals surface area contributed by atoms with Crippen molar-refractivity contribution in [2.45, 2.75) is 31.2 Å². The Morgan fingerprint density at radius 2 is 1.90 bits per heavy atom. The Morgan fingerprint density at radius 3 is 2.55 bits per heavy atom. The molecule has 0 aliphatic rings. The zero-order chi connectivity index (χ0) is 14.5. The fourth-order valence-corrected chi connectivity index (χ4v) is 2.38. The summed E-state index contributed by atoms with van der Waals surface area (Å²) in [6, 6.07) is 9.57. The van der Waals surface area contributed by atoms with Crippen molar-refractivity contribution < 1.29 is 4.79 Å². The van der Waals surface area contributed by atoms with Crippen LogP contribution < -0.4 is 5.32 Å². The smallest absolute Gasteiger partial charge is 0.237 e. The maximum absolute atomic E-state index is 12.1. The van der Waals surface area contributed by atoms with Gasteiger partial charge in [-0.05, 0) is 39.0 Å². The van der Waals surface area contributed by atoms with Gasteiger partial charge in [0, 0.05) is 17.6 Å². The molecule has 0 bridgehead atoms. The van der Waals surface area contributed by atoms with Crippen LogP contribution in [0.15, 0.2) is 41.7 Å². The van der Waals surface area contributed by atoms with Crippen molar-refractivity contribution in [2.24, 2.45) is 0 Å². The maximum Gasteiger partial charge on any atom is 0.237 e. The van der Waals surface area contributed by atoms with Crippen LogP contribution in [0.25, 0.3) is 0 Å². The average molecular weight is 287 g/mol. The molecule has 0 fully saturated rings. The van der Waals surface area contributed by atoms with Crippen LogP contribution in [0.2, 0.25) is 0 Å². The van der Waals surface area contributed by atoms with E-state index in [1.807, 2.05) is 51.1 Å². The molecule has 104 valence electrons. The summed E-state index contributed by atoms with van der Waals surface area (Å²) in [4.78, 5) is 20.5. The van der Waals surface area contributed by atoms with Gasteiger partial charge >= 0.3 is 0 Å². The van der Waals surface area contributed by atoms with Gasteiger partial charge in [0.15, 0.2) is 5.16 Å². The molecule has 5 heteroatoms. The molecule has 1 atom stereocenters. The van der Waals surface area contributed by atoms with Gasteiger partial charge in [-0.2, -0.15) is 0 Å². The predicted octanol–water partition coefficient (Wildman–Crippen LogP) is 3.21. The molecule has 0 unspecified atom stereocenters. The molecule has 1 heterocycles. The molecule has 0 aliphatic heterocycles. The second-order valence-corrected chi connectivity index (χ2v) is 5.90. The number of carbonyl (C=O) groups excluding carboxylic acids is 1. The van der Waals surface area contributed by atoms with Crippen LogP contribution in [-0.2, 0) is 4.79 Å². The Kier molecular flexibility index (Phi) is 4.74. The summed E-state index contributed by atoms with van der Waals surface area (Å²) in [5.74, 6) is -0.0519. The van der Waals surface area contributed by atoms with Gasteiger partial charge in [0.1, 0.15) is 0 Å². The highest BCUT2D eigenvalue weighted by Gasteiger charge is 2.16. The Bertz CT molecular complexity index is 598. The van der Waals surface area contributed by atoms with Crippen molar-refractivity contribution in [1.82, 2.24) is 9.97 Å². The molecule has 0 radical (unpaired) electrons. The van der Waals surface area contributed by atoms with Crippen molar-refractivity contribution in [3.63, 3.8) is 0 Å². The molecule has 2 rings (SSSR count). The highest BCUT2D eigenvalue weighted by atomic mass is 32.2. The maximum atomic E-state index is 12.1. The lowest BCUT2D eigenvalue weighted by molar-refractivity contribution is -0.115. The molecule has 0 saturated carbocycles. The minimum Gasteiger partial charge on any atom is -0.325 e. The quantitative estimate of drug-likeness (QED) is 0.693. The molecule has 1 aromatic carbocycles. The second kappa shape index (κ2) is 6.52. The van der Waals surface area contributed by atoms with Crippen LogP contribution in [0.3, 0.4) is 0 Å². The highest BCUT2D eigenvalue weighted by molar-refractivity contribution is 8.00. The van der Waals surface area contributed by atoms with Crippen molar-refractivity contribution in [3.8, 4) is 0 Å². The Balaban J connectivity index is 1.96. The van der Waals surface area contributed by atoms with E-state index in [0.717, 1.165) is 11.4 Å². The molecule has 0 spiro atoms. The molecule has 0 aliphatic carbocycles. The fraction of sp³-hybridized carbons (Fsp3) is 0.267. The summed E-state index contributed by atoms with van der Waals surface area (Å²) >= 11 is 1.35. The number of hydrogen-bond donors (Lipinski definition) is 1. The molecule has 20 heavy (non-hydrogen) atoms. The van der Waals surface area contributed by atoms with Crippen molar-refractivity contribution >= 4 is 23.4 Å². The van der Waals surface area contributed by atoms with Crippen LogP contribution in [0.4, 0.5) is 5.69 Å². The van der Waals surface area contributed by atoms with Crippen molar-refractivity contribution in [3.05, 3.63) is 47.8 Å². The largest absolute Gasteiger partial charge is 0.325 e. The van der Waals surface area contributed by atoms with E-state index in [1.165, 1.54) is 17.3 Å². The van der Waals surface area contributed by atoms with Gasteiger partial charge in [0.2, 0.25) is 5.91 Å². The third-order valence-corrected chi connectivity index (χ3v) is 3.72. The van der Waals surface area contributed by atoms with Gasteiger partial charge < -0.3 is 5.32 Å². The predicted molar refractivity (Wildman–Crippen MR) is 81.9 cm³/mol. The number of aryl methyl sites for hydroxylation is 2. The van der Waals surface area contributed by atoms with E-state index in [0.29, 0.717) is 5.16 Å². The first-order chi connectivity index (χ1) is 9.54.